The third-order valence-corrected chi connectivity index (χ3v) is 6.32. The first-order chi connectivity index (χ1) is 15.6. The molecule has 8 nitrogen and oxygen atoms in total. The largest absolute Gasteiger partial charge is 0.480 e. The van der Waals surface area contributed by atoms with Gasteiger partial charge in [0.25, 0.3) is 0 Å². The Balaban J connectivity index is 1.42. The van der Waals surface area contributed by atoms with E-state index in [1.54, 1.807) is 20.8 Å². The van der Waals surface area contributed by atoms with Gasteiger partial charge >= 0.3 is 12.1 Å². The highest BCUT2D eigenvalue weighted by Crippen LogP contribution is 2.44. The standard InChI is InChI=1S/C25H28N2O6/c1-14(22(28)27-21(23(29)30)15(2)33-25(27,3)4)26-24(31)32-13-20-18-11-7-5-9-16(18)17-10-6-8-12-19(17)20/h5-12,14-15,20-21H,13H2,1-4H3,(H,26,31)(H,29,30). The normalized spacial score (nSPS) is 21.8. The van der Waals surface area contributed by atoms with E-state index in [0.717, 1.165) is 22.3 Å². The monoisotopic (exact) mass is 452 g/mol. The number of carboxylic acids is 1. The fourth-order valence-electron chi connectivity index (χ4n) is 4.92. The average Bonchev–Trinajstić information content (AvgIpc) is 3.21. The summed E-state index contributed by atoms with van der Waals surface area (Å²) in [5.41, 5.74) is 3.30. The molecule has 0 radical (unpaired) electrons. The van der Waals surface area contributed by atoms with Gasteiger partial charge in [-0.25, -0.2) is 9.59 Å². The Kier molecular flexibility index (Phi) is 5.88. The molecule has 1 fully saturated rings. The van der Waals surface area contributed by atoms with Gasteiger partial charge in [-0.3, -0.25) is 9.69 Å². The number of ether oxygens (including phenoxy) is 2. The van der Waals surface area contributed by atoms with Gasteiger partial charge in [-0.1, -0.05) is 48.5 Å². The Morgan fingerprint density at radius 1 is 1.09 bits per heavy atom. The number of nitrogens with one attached hydrogen (secondary N) is 1. The molecule has 0 aromatic heterocycles. The number of amides is 2. The van der Waals surface area contributed by atoms with Crippen molar-refractivity contribution in [3.63, 3.8) is 0 Å². The molecule has 1 saturated heterocycles. The Hall–Kier alpha value is -3.39. The molecule has 2 aromatic rings. The zero-order chi connectivity index (χ0) is 23.9. The summed E-state index contributed by atoms with van der Waals surface area (Å²) in [6, 6.07) is 13.9. The van der Waals surface area contributed by atoms with Crippen molar-refractivity contribution in [2.45, 2.75) is 57.5 Å². The fraction of sp³-hybridized carbons (Fsp3) is 0.400. The summed E-state index contributed by atoms with van der Waals surface area (Å²) >= 11 is 0. The van der Waals surface area contributed by atoms with Crippen molar-refractivity contribution >= 4 is 18.0 Å². The minimum absolute atomic E-state index is 0.0997. The summed E-state index contributed by atoms with van der Waals surface area (Å²) in [5.74, 6) is -1.81. The van der Waals surface area contributed by atoms with Gasteiger partial charge in [0.2, 0.25) is 5.91 Å². The molecule has 4 rings (SSSR count). The summed E-state index contributed by atoms with van der Waals surface area (Å²) in [7, 11) is 0. The molecule has 3 atom stereocenters. The van der Waals surface area contributed by atoms with Crippen LogP contribution in [0.5, 0.6) is 0 Å². The maximum atomic E-state index is 13.1. The molecule has 174 valence electrons. The van der Waals surface area contributed by atoms with Crippen molar-refractivity contribution in [1.29, 1.82) is 0 Å². The van der Waals surface area contributed by atoms with Gasteiger partial charge in [0, 0.05) is 5.92 Å². The Morgan fingerprint density at radius 3 is 2.18 bits per heavy atom. The van der Waals surface area contributed by atoms with Crippen molar-refractivity contribution < 1.29 is 29.0 Å². The maximum Gasteiger partial charge on any atom is 0.407 e. The number of aliphatic carboxylic acids is 1. The Morgan fingerprint density at radius 2 is 1.64 bits per heavy atom. The van der Waals surface area contributed by atoms with Crippen LogP contribution in [0.4, 0.5) is 4.79 Å². The predicted octanol–water partition coefficient (Wildman–Crippen LogP) is 3.35. The van der Waals surface area contributed by atoms with E-state index in [-0.39, 0.29) is 12.5 Å². The molecule has 33 heavy (non-hydrogen) atoms. The van der Waals surface area contributed by atoms with Crippen LogP contribution in [0.15, 0.2) is 48.5 Å². The summed E-state index contributed by atoms with van der Waals surface area (Å²) in [6.07, 6.45) is -1.42. The van der Waals surface area contributed by atoms with E-state index in [1.807, 2.05) is 36.4 Å². The molecule has 2 aromatic carbocycles. The predicted molar refractivity (Wildman–Crippen MR) is 121 cm³/mol. The van der Waals surface area contributed by atoms with Crippen LogP contribution < -0.4 is 5.32 Å². The van der Waals surface area contributed by atoms with Gasteiger partial charge in [0.1, 0.15) is 18.4 Å². The highest BCUT2D eigenvalue weighted by atomic mass is 16.6. The van der Waals surface area contributed by atoms with Gasteiger partial charge in [-0.15, -0.1) is 0 Å². The van der Waals surface area contributed by atoms with Crippen LogP contribution in [0.25, 0.3) is 11.1 Å². The quantitative estimate of drug-likeness (QED) is 0.721. The van der Waals surface area contributed by atoms with E-state index in [4.69, 9.17) is 9.47 Å². The van der Waals surface area contributed by atoms with E-state index in [9.17, 15) is 19.5 Å². The first kappa shape index (κ1) is 22.8. The number of alkyl carbamates (subject to hydrolysis) is 1. The second-order valence-corrected chi connectivity index (χ2v) is 8.95. The third kappa shape index (κ3) is 4.06. The highest BCUT2D eigenvalue weighted by Gasteiger charge is 2.52. The first-order valence-electron chi connectivity index (χ1n) is 11.0. The lowest BCUT2D eigenvalue weighted by atomic mass is 9.98. The van der Waals surface area contributed by atoms with Gasteiger partial charge in [0.05, 0.1) is 6.10 Å². The number of hydrogen-bond acceptors (Lipinski definition) is 5. The minimum atomic E-state index is -1.16. The zero-order valence-electron chi connectivity index (χ0n) is 19.1. The molecule has 3 unspecified atom stereocenters. The van der Waals surface area contributed by atoms with Gasteiger partial charge in [-0.05, 0) is 49.9 Å². The number of hydrogen-bond donors (Lipinski definition) is 2. The summed E-state index contributed by atoms with van der Waals surface area (Å²) in [6.45, 7) is 6.49. The lowest BCUT2D eigenvalue weighted by molar-refractivity contribution is -0.156. The second-order valence-electron chi connectivity index (χ2n) is 8.95. The van der Waals surface area contributed by atoms with E-state index in [1.165, 1.54) is 11.8 Å². The minimum Gasteiger partial charge on any atom is -0.480 e. The van der Waals surface area contributed by atoms with Crippen molar-refractivity contribution in [3.8, 4) is 11.1 Å². The van der Waals surface area contributed by atoms with E-state index in [2.05, 4.69) is 17.4 Å². The number of carbonyl (C=O) groups excluding carboxylic acids is 2. The third-order valence-electron chi connectivity index (χ3n) is 6.32. The smallest absolute Gasteiger partial charge is 0.407 e. The van der Waals surface area contributed by atoms with Crippen molar-refractivity contribution in [3.05, 3.63) is 59.7 Å². The molecule has 1 aliphatic heterocycles. The Bertz CT molecular complexity index is 1050. The average molecular weight is 453 g/mol. The van der Waals surface area contributed by atoms with Crippen molar-refractivity contribution in [1.82, 2.24) is 10.2 Å². The molecule has 1 aliphatic carbocycles. The molecule has 0 saturated carbocycles. The molecule has 2 aliphatic rings. The number of benzene rings is 2. The molecule has 2 N–H and O–H groups in total. The zero-order valence-corrected chi connectivity index (χ0v) is 19.1. The molecule has 0 bridgehead atoms. The SMILES string of the molecule is CC(NC(=O)OCC1c2ccccc2-c2ccccc21)C(=O)N1C(C(=O)O)C(C)OC1(C)C. The topological polar surface area (TPSA) is 105 Å². The van der Waals surface area contributed by atoms with Gasteiger partial charge < -0.3 is 19.9 Å². The summed E-state index contributed by atoms with van der Waals surface area (Å²) in [5, 5.41) is 12.1. The lowest BCUT2D eigenvalue weighted by Gasteiger charge is -2.34. The first-order valence-corrected chi connectivity index (χ1v) is 11.0. The van der Waals surface area contributed by atoms with Crippen molar-refractivity contribution in [2.24, 2.45) is 0 Å². The molecule has 8 heteroatoms. The molecule has 0 spiro atoms. The van der Waals surface area contributed by atoms with Crippen LogP contribution in [0.3, 0.4) is 0 Å². The molecule has 2 amide bonds. The number of carboxylic acid groups (broad SMARTS) is 1. The van der Waals surface area contributed by atoms with Gasteiger partial charge in [0.15, 0.2) is 6.04 Å². The molecule has 1 heterocycles. The van der Waals surface area contributed by atoms with Gasteiger partial charge in [-0.2, -0.15) is 0 Å². The van der Waals surface area contributed by atoms with Crippen LogP contribution in [-0.2, 0) is 19.1 Å². The number of fused-ring (bicyclic) bond motifs is 3. The van der Waals surface area contributed by atoms with E-state index < -0.39 is 41.9 Å². The molecular formula is C25H28N2O6. The number of rotatable bonds is 5. The van der Waals surface area contributed by atoms with Crippen LogP contribution in [-0.4, -0.2) is 58.5 Å². The van der Waals surface area contributed by atoms with Crippen LogP contribution >= 0.6 is 0 Å². The Labute approximate surface area is 192 Å². The lowest BCUT2D eigenvalue weighted by Crippen LogP contribution is -2.57. The van der Waals surface area contributed by atoms with Crippen LogP contribution in [0, 0.1) is 0 Å². The fourth-order valence-corrected chi connectivity index (χ4v) is 4.92. The maximum absolute atomic E-state index is 13.1. The molecular weight excluding hydrogens is 424 g/mol. The van der Waals surface area contributed by atoms with E-state index in [0.29, 0.717) is 0 Å². The summed E-state index contributed by atoms with van der Waals surface area (Å²) < 4.78 is 11.2. The number of nitrogens with zero attached hydrogens (tertiary/aromatic N) is 1. The van der Waals surface area contributed by atoms with Crippen LogP contribution in [0.1, 0.15) is 44.7 Å². The second kappa shape index (κ2) is 8.51. The highest BCUT2D eigenvalue weighted by molar-refractivity contribution is 5.90. The van der Waals surface area contributed by atoms with Crippen LogP contribution in [0.2, 0.25) is 0 Å². The summed E-state index contributed by atoms with van der Waals surface area (Å²) in [4.78, 5) is 38.5. The van der Waals surface area contributed by atoms with E-state index >= 15 is 0 Å². The van der Waals surface area contributed by atoms with Crippen molar-refractivity contribution in [2.75, 3.05) is 6.61 Å². The number of carbonyl (C=O) groups is 3.